The van der Waals surface area contributed by atoms with E-state index in [0.717, 1.165) is 6.07 Å². The van der Waals surface area contributed by atoms with E-state index in [4.69, 9.17) is 10.2 Å². The lowest BCUT2D eigenvalue weighted by molar-refractivity contribution is -0.141. The molecule has 2 atom stereocenters. The summed E-state index contributed by atoms with van der Waals surface area (Å²) in [6.45, 7) is 0. The fourth-order valence-electron chi connectivity index (χ4n) is 1.48. The van der Waals surface area contributed by atoms with Crippen LogP contribution in [0.25, 0.3) is 0 Å². The molecule has 0 amide bonds. The molecule has 4 N–H and O–H groups in total. The van der Waals surface area contributed by atoms with Crippen LogP contribution in [0.3, 0.4) is 0 Å². The lowest BCUT2D eigenvalue weighted by Gasteiger charge is -2.18. The summed E-state index contributed by atoms with van der Waals surface area (Å²) >= 11 is 0. The van der Waals surface area contributed by atoms with Crippen molar-refractivity contribution in [3.05, 3.63) is 29.3 Å². The average molecular weight is 280 g/mol. The fourth-order valence-corrected chi connectivity index (χ4v) is 1.48. The highest BCUT2D eigenvalue weighted by Crippen LogP contribution is 2.34. The van der Waals surface area contributed by atoms with Crippen molar-refractivity contribution in [3.63, 3.8) is 0 Å². The number of aromatic hydroxyl groups is 1. The van der Waals surface area contributed by atoms with Crippen LogP contribution in [-0.4, -0.2) is 32.5 Å². The standard InChI is InChI=1S/C11H11F3O5/c12-11(13,14)6-1-5(2-7(15)3-6)10(19)8(16)4-9(17)18/h1-3,8,10,15-16,19H,4H2,(H,17,18). The van der Waals surface area contributed by atoms with Crippen LogP contribution in [-0.2, 0) is 11.0 Å². The van der Waals surface area contributed by atoms with E-state index in [0.29, 0.717) is 12.1 Å². The molecule has 0 heterocycles. The summed E-state index contributed by atoms with van der Waals surface area (Å²) in [6.07, 6.45) is -9.19. The summed E-state index contributed by atoms with van der Waals surface area (Å²) in [5.74, 6) is -2.16. The number of phenolic OH excluding ortho intramolecular Hbond substituents is 1. The third-order valence-corrected chi connectivity index (χ3v) is 2.36. The lowest BCUT2D eigenvalue weighted by Crippen LogP contribution is -2.22. The van der Waals surface area contributed by atoms with Gasteiger partial charge in [0.2, 0.25) is 0 Å². The smallest absolute Gasteiger partial charge is 0.416 e. The first-order valence-corrected chi connectivity index (χ1v) is 5.10. The van der Waals surface area contributed by atoms with Crippen molar-refractivity contribution in [3.8, 4) is 5.75 Å². The molecular formula is C11H11F3O5. The highest BCUT2D eigenvalue weighted by atomic mass is 19.4. The van der Waals surface area contributed by atoms with Gasteiger partial charge in [-0.3, -0.25) is 4.79 Å². The molecule has 8 heteroatoms. The van der Waals surface area contributed by atoms with Crippen molar-refractivity contribution in [1.82, 2.24) is 0 Å². The third-order valence-electron chi connectivity index (χ3n) is 2.36. The lowest BCUT2D eigenvalue weighted by atomic mass is 9.99. The fraction of sp³-hybridized carbons (Fsp3) is 0.364. The number of aliphatic hydroxyl groups is 2. The first-order valence-electron chi connectivity index (χ1n) is 5.10. The van der Waals surface area contributed by atoms with Gasteiger partial charge in [-0.25, -0.2) is 0 Å². The van der Waals surface area contributed by atoms with E-state index in [9.17, 15) is 28.2 Å². The van der Waals surface area contributed by atoms with Gasteiger partial charge in [0.05, 0.1) is 18.1 Å². The Hall–Kier alpha value is -1.80. The van der Waals surface area contributed by atoms with Crippen molar-refractivity contribution in [2.45, 2.75) is 24.8 Å². The monoisotopic (exact) mass is 280 g/mol. The number of benzene rings is 1. The van der Waals surface area contributed by atoms with Gasteiger partial charge in [0.1, 0.15) is 11.9 Å². The first kappa shape index (κ1) is 15.3. The molecule has 0 saturated heterocycles. The number of aliphatic hydroxyl groups excluding tert-OH is 2. The largest absolute Gasteiger partial charge is 0.508 e. The summed E-state index contributed by atoms with van der Waals surface area (Å²) in [5, 5.41) is 36.5. The number of phenols is 1. The molecule has 1 aromatic carbocycles. The van der Waals surface area contributed by atoms with Gasteiger partial charge >= 0.3 is 12.1 Å². The van der Waals surface area contributed by atoms with Gasteiger partial charge in [-0.05, 0) is 23.8 Å². The van der Waals surface area contributed by atoms with E-state index in [1.807, 2.05) is 0 Å². The second-order valence-corrected chi connectivity index (χ2v) is 3.92. The number of carbonyl (C=O) groups is 1. The Balaban J connectivity index is 3.06. The van der Waals surface area contributed by atoms with Crippen molar-refractivity contribution in [1.29, 1.82) is 0 Å². The summed E-state index contributed by atoms with van der Waals surface area (Å²) < 4.78 is 37.4. The Morgan fingerprint density at radius 2 is 1.79 bits per heavy atom. The minimum absolute atomic E-state index is 0.416. The van der Waals surface area contributed by atoms with E-state index in [2.05, 4.69) is 0 Å². The van der Waals surface area contributed by atoms with E-state index >= 15 is 0 Å². The molecule has 0 aliphatic heterocycles. The molecule has 0 aromatic heterocycles. The SMILES string of the molecule is O=C(O)CC(O)C(O)c1cc(O)cc(C(F)(F)F)c1. The Morgan fingerprint density at radius 1 is 1.21 bits per heavy atom. The van der Waals surface area contributed by atoms with Crippen LogP contribution in [0.2, 0.25) is 0 Å². The maximum atomic E-state index is 12.5. The van der Waals surface area contributed by atoms with Gasteiger partial charge < -0.3 is 20.4 Å². The average Bonchev–Trinajstić information content (AvgIpc) is 2.25. The minimum Gasteiger partial charge on any atom is -0.508 e. The van der Waals surface area contributed by atoms with Gasteiger partial charge in [0.15, 0.2) is 0 Å². The summed E-state index contributed by atoms with van der Waals surface area (Å²) in [7, 11) is 0. The maximum Gasteiger partial charge on any atom is 0.416 e. The molecule has 106 valence electrons. The second-order valence-electron chi connectivity index (χ2n) is 3.92. The van der Waals surface area contributed by atoms with E-state index in [1.54, 1.807) is 0 Å². The van der Waals surface area contributed by atoms with Gasteiger partial charge in [-0.1, -0.05) is 0 Å². The summed E-state index contributed by atoms with van der Waals surface area (Å²) in [5.41, 5.74) is -1.62. The molecule has 19 heavy (non-hydrogen) atoms. The first-order chi connectivity index (χ1) is 8.61. The molecule has 0 bridgehead atoms. The number of alkyl halides is 3. The van der Waals surface area contributed by atoms with Crippen molar-refractivity contribution in [2.24, 2.45) is 0 Å². The quantitative estimate of drug-likeness (QED) is 0.666. The number of carboxylic acid groups (broad SMARTS) is 1. The van der Waals surface area contributed by atoms with Gasteiger partial charge in [0.25, 0.3) is 0 Å². The van der Waals surface area contributed by atoms with E-state index < -0.39 is 47.7 Å². The zero-order valence-electron chi connectivity index (χ0n) is 9.42. The number of aliphatic carboxylic acids is 1. The van der Waals surface area contributed by atoms with Crippen molar-refractivity contribution >= 4 is 5.97 Å². The van der Waals surface area contributed by atoms with Crippen LogP contribution in [0.15, 0.2) is 18.2 Å². The molecule has 1 aromatic rings. The summed E-state index contributed by atoms with van der Waals surface area (Å²) in [6, 6.07) is 1.82. The minimum atomic E-state index is -4.73. The van der Waals surface area contributed by atoms with E-state index in [1.165, 1.54) is 0 Å². The van der Waals surface area contributed by atoms with Gasteiger partial charge in [-0.15, -0.1) is 0 Å². The Labute approximate surface area is 105 Å². The van der Waals surface area contributed by atoms with Crippen LogP contribution < -0.4 is 0 Å². The number of hydrogen-bond acceptors (Lipinski definition) is 4. The molecule has 0 saturated carbocycles. The number of rotatable bonds is 4. The van der Waals surface area contributed by atoms with Crippen LogP contribution in [0.1, 0.15) is 23.7 Å². The zero-order valence-corrected chi connectivity index (χ0v) is 9.42. The highest BCUT2D eigenvalue weighted by molar-refractivity contribution is 5.67. The molecule has 5 nitrogen and oxygen atoms in total. The molecular weight excluding hydrogens is 269 g/mol. The molecule has 2 unspecified atom stereocenters. The van der Waals surface area contributed by atoms with Gasteiger partial charge in [-0.2, -0.15) is 13.2 Å². The molecule has 0 aliphatic rings. The normalized spacial score (nSPS) is 15.0. The van der Waals surface area contributed by atoms with Crippen molar-refractivity contribution in [2.75, 3.05) is 0 Å². The van der Waals surface area contributed by atoms with Crippen molar-refractivity contribution < 1.29 is 38.4 Å². The number of hydrogen-bond donors (Lipinski definition) is 4. The molecule has 0 spiro atoms. The molecule has 1 rings (SSSR count). The van der Waals surface area contributed by atoms with Crippen LogP contribution in [0.5, 0.6) is 5.75 Å². The molecule has 0 radical (unpaired) electrons. The third kappa shape index (κ3) is 4.11. The molecule has 0 aliphatic carbocycles. The van der Waals surface area contributed by atoms with Gasteiger partial charge in [0, 0.05) is 0 Å². The van der Waals surface area contributed by atoms with E-state index in [-0.39, 0.29) is 0 Å². The predicted molar refractivity (Wildman–Crippen MR) is 56.3 cm³/mol. The van der Waals surface area contributed by atoms with Crippen LogP contribution in [0, 0.1) is 0 Å². The predicted octanol–water partition coefficient (Wildman–Crippen LogP) is 1.28. The maximum absolute atomic E-state index is 12.5. The Kier molecular flexibility index (Phi) is 4.38. The zero-order chi connectivity index (χ0) is 14.8. The van der Waals surface area contributed by atoms with Crippen LogP contribution >= 0.6 is 0 Å². The number of halogens is 3. The number of carboxylic acids is 1. The highest BCUT2D eigenvalue weighted by Gasteiger charge is 2.32. The van der Waals surface area contributed by atoms with Crippen LogP contribution in [0.4, 0.5) is 13.2 Å². The molecule has 0 fully saturated rings. The summed E-state index contributed by atoms with van der Waals surface area (Å²) in [4.78, 5) is 10.3. The topological polar surface area (TPSA) is 98.0 Å². The second kappa shape index (κ2) is 5.45. The Morgan fingerprint density at radius 3 is 2.26 bits per heavy atom. The Bertz CT molecular complexity index is 472.